The number of hydrogen-bond donors (Lipinski definition) is 1. The normalized spacial score (nSPS) is 10.9. The van der Waals surface area contributed by atoms with Gasteiger partial charge in [0.2, 0.25) is 0 Å². The Morgan fingerprint density at radius 3 is 2.68 bits per heavy atom. The van der Waals surface area contributed by atoms with E-state index in [2.05, 4.69) is 10.2 Å². The van der Waals surface area contributed by atoms with Crippen molar-refractivity contribution in [1.29, 1.82) is 0 Å². The highest BCUT2D eigenvalue weighted by Gasteiger charge is 2.15. The lowest BCUT2D eigenvalue weighted by Crippen LogP contribution is -2.09. The van der Waals surface area contributed by atoms with Gasteiger partial charge in [0.1, 0.15) is 0 Å². The molecule has 6 nitrogen and oxygen atoms in total. The molecule has 0 saturated heterocycles. The number of hydrogen-bond acceptors (Lipinski definition) is 3. The fraction of sp³-hybridized carbons (Fsp3) is 0.417. The maximum atomic E-state index is 10.8. The molecular weight excluding hydrogens is 268 g/mol. The number of carboxylic acids is 1. The van der Waals surface area contributed by atoms with E-state index in [1.165, 1.54) is 6.07 Å². The number of halogens is 1. The van der Waals surface area contributed by atoms with Crippen molar-refractivity contribution in [2.75, 3.05) is 0 Å². The average molecular weight is 283 g/mol. The van der Waals surface area contributed by atoms with Crippen LogP contribution >= 0.6 is 11.6 Å². The van der Waals surface area contributed by atoms with E-state index in [4.69, 9.17) is 16.7 Å². The van der Waals surface area contributed by atoms with Crippen LogP contribution in [0.15, 0.2) is 12.3 Å². The van der Waals surface area contributed by atoms with Crippen LogP contribution in [0.1, 0.15) is 35.7 Å². The minimum absolute atomic E-state index is 0.0226. The van der Waals surface area contributed by atoms with Crippen LogP contribution in [0.5, 0.6) is 0 Å². The van der Waals surface area contributed by atoms with E-state index in [-0.39, 0.29) is 5.69 Å². The number of nitrogens with zero attached hydrogens (tertiary/aromatic N) is 4. The lowest BCUT2D eigenvalue weighted by molar-refractivity contribution is 0.0689. The molecular formula is C12H15ClN4O2. The summed E-state index contributed by atoms with van der Waals surface area (Å²) in [4.78, 5) is 10.8. The first-order valence-corrected chi connectivity index (χ1v) is 6.45. The zero-order valence-electron chi connectivity index (χ0n) is 10.8. The molecule has 0 atom stereocenters. The second-order valence-corrected chi connectivity index (χ2v) is 4.46. The molecule has 0 aliphatic carbocycles. The molecule has 0 fully saturated rings. The number of rotatable bonds is 5. The van der Waals surface area contributed by atoms with E-state index in [0.717, 1.165) is 17.8 Å². The molecule has 0 bridgehead atoms. The number of aryl methyl sites for hydroxylation is 2. The molecule has 1 N–H and O–H groups in total. The molecule has 2 aromatic heterocycles. The first kappa shape index (κ1) is 13.6. The molecule has 0 aliphatic heterocycles. The van der Waals surface area contributed by atoms with Crippen LogP contribution in [0.4, 0.5) is 0 Å². The molecule has 0 saturated carbocycles. The maximum Gasteiger partial charge on any atom is 0.356 e. The summed E-state index contributed by atoms with van der Waals surface area (Å²) in [6.45, 7) is 5.10. The van der Waals surface area contributed by atoms with E-state index in [1.807, 2.05) is 18.5 Å². The summed E-state index contributed by atoms with van der Waals surface area (Å²) in [7, 11) is 0. The number of aromatic carboxylic acids is 1. The Hall–Kier alpha value is -1.82. The van der Waals surface area contributed by atoms with Crippen LogP contribution in [0.25, 0.3) is 0 Å². The van der Waals surface area contributed by atoms with Gasteiger partial charge in [-0.3, -0.25) is 9.36 Å². The number of aromatic nitrogens is 4. The third kappa shape index (κ3) is 2.63. The van der Waals surface area contributed by atoms with Gasteiger partial charge in [-0.2, -0.15) is 10.2 Å². The van der Waals surface area contributed by atoms with Gasteiger partial charge in [0.05, 0.1) is 23.0 Å². The first-order valence-electron chi connectivity index (χ1n) is 6.07. The monoisotopic (exact) mass is 282 g/mol. The largest absolute Gasteiger partial charge is 0.476 e. The van der Waals surface area contributed by atoms with Crippen molar-refractivity contribution < 1.29 is 9.90 Å². The fourth-order valence-electron chi connectivity index (χ4n) is 1.89. The van der Waals surface area contributed by atoms with Gasteiger partial charge in [-0.25, -0.2) is 4.79 Å². The van der Waals surface area contributed by atoms with Crippen LogP contribution in [0.3, 0.4) is 0 Å². The molecule has 0 aromatic carbocycles. The Labute approximate surface area is 115 Å². The van der Waals surface area contributed by atoms with Crippen LogP contribution in [-0.4, -0.2) is 30.6 Å². The van der Waals surface area contributed by atoms with Crippen LogP contribution in [0, 0.1) is 0 Å². The third-order valence-corrected chi connectivity index (χ3v) is 3.30. The molecule has 0 amide bonds. The quantitative estimate of drug-likeness (QED) is 0.911. The second-order valence-electron chi connectivity index (χ2n) is 4.08. The summed E-state index contributed by atoms with van der Waals surface area (Å²) in [6.07, 6.45) is 2.39. The summed E-state index contributed by atoms with van der Waals surface area (Å²) in [5.74, 6) is -1.04. The first-order chi connectivity index (χ1) is 9.06. The summed E-state index contributed by atoms with van der Waals surface area (Å²) in [6, 6.07) is 1.46. The molecule has 102 valence electrons. The lowest BCUT2D eigenvalue weighted by atomic mass is 10.3. The van der Waals surface area contributed by atoms with Crippen LogP contribution in [-0.2, 0) is 19.5 Å². The molecule has 0 aliphatic rings. The minimum atomic E-state index is -1.04. The predicted octanol–water partition coefficient (Wildman–Crippen LogP) is 2.06. The van der Waals surface area contributed by atoms with Crippen molar-refractivity contribution >= 4 is 17.6 Å². The van der Waals surface area contributed by atoms with Gasteiger partial charge < -0.3 is 5.11 Å². The molecule has 7 heteroatoms. The smallest absolute Gasteiger partial charge is 0.356 e. The Kier molecular flexibility index (Phi) is 3.90. The summed E-state index contributed by atoms with van der Waals surface area (Å²) in [5, 5.41) is 17.9. The van der Waals surface area contributed by atoms with Gasteiger partial charge in [-0.15, -0.1) is 0 Å². The third-order valence-electron chi connectivity index (χ3n) is 2.87. The molecule has 2 aromatic rings. The molecule has 2 rings (SSSR count). The highest BCUT2D eigenvalue weighted by Crippen LogP contribution is 2.22. The highest BCUT2D eigenvalue weighted by molar-refractivity contribution is 6.31. The predicted molar refractivity (Wildman–Crippen MR) is 70.6 cm³/mol. The van der Waals surface area contributed by atoms with Crippen molar-refractivity contribution in [3.63, 3.8) is 0 Å². The van der Waals surface area contributed by atoms with Gasteiger partial charge in [-0.05, 0) is 19.4 Å². The van der Waals surface area contributed by atoms with Crippen molar-refractivity contribution in [3.05, 3.63) is 34.4 Å². The van der Waals surface area contributed by atoms with E-state index >= 15 is 0 Å². The minimum Gasteiger partial charge on any atom is -0.476 e. The second kappa shape index (κ2) is 5.44. The van der Waals surface area contributed by atoms with Crippen molar-refractivity contribution in [1.82, 2.24) is 19.6 Å². The number of carbonyl (C=O) groups is 1. The van der Waals surface area contributed by atoms with Gasteiger partial charge in [0, 0.05) is 12.7 Å². The Morgan fingerprint density at radius 1 is 1.42 bits per heavy atom. The molecule has 2 heterocycles. The zero-order valence-corrected chi connectivity index (χ0v) is 11.6. The Bertz CT molecular complexity index is 603. The van der Waals surface area contributed by atoms with E-state index in [1.54, 1.807) is 10.9 Å². The van der Waals surface area contributed by atoms with Crippen molar-refractivity contribution in [2.24, 2.45) is 0 Å². The summed E-state index contributed by atoms with van der Waals surface area (Å²) in [5.41, 5.74) is 1.72. The van der Waals surface area contributed by atoms with E-state index in [0.29, 0.717) is 18.1 Å². The van der Waals surface area contributed by atoms with Gasteiger partial charge in [0.25, 0.3) is 0 Å². The molecule has 0 unspecified atom stereocenters. The maximum absolute atomic E-state index is 10.8. The van der Waals surface area contributed by atoms with Crippen LogP contribution in [0.2, 0.25) is 5.02 Å². The van der Waals surface area contributed by atoms with Crippen LogP contribution < -0.4 is 0 Å². The fourth-order valence-corrected chi connectivity index (χ4v) is 2.21. The topological polar surface area (TPSA) is 72.9 Å². The zero-order chi connectivity index (χ0) is 14.0. The average Bonchev–Trinajstić information content (AvgIpc) is 2.96. The Morgan fingerprint density at radius 2 is 2.16 bits per heavy atom. The molecule has 19 heavy (non-hydrogen) atoms. The number of carboxylic acid groups (broad SMARTS) is 1. The SMILES string of the molecule is CCc1nn(CC)c(Cn2ccc(C(=O)O)n2)c1Cl. The van der Waals surface area contributed by atoms with E-state index in [9.17, 15) is 4.79 Å². The highest BCUT2D eigenvalue weighted by atomic mass is 35.5. The van der Waals surface area contributed by atoms with Crippen molar-refractivity contribution in [3.8, 4) is 0 Å². The Balaban J connectivity index is 2.31. The van der Waals surface area contributed by atoms with Gasteiger partial charge in [-0.1, -0.05) is 18.5 Å². The van der Waals surface area contributed by atoms with Gasteiger partial charge >= 0.3 is 5.97 Å². The summed E-state index contributed by atoms with van der Waals surface area (Å²) >= 11 is 6.29. The van der Waals surface area contributed by atoms with Crippen molar-refractivity contribution in [2.45, 2.75) is 33.4 Å². The lowest BCUT2D eigenvalue weighted by Gasteiger charge is -2.05. The molecule has 0 spiro atoms. The standard InChI is InChI=1S/C12H15ClN4O2/c1-3-8-11(13)10(17(4-2)15-8)7-16-6-5-9(14-16)12(18)19/h5-6H,3-4,7H2,1-2H3,(H,18,19). The molecule has 0 radical (unpaired) electrons. The van der Waals surface area contributed by atoms with Gasteiger partial charge in [0.15, 0.2) is 5.69 Å². The summed E-state index contributed by atoms with van der Waals surface area (Å²) < 4.78 is 3.38. The van der Waals surface area contributed by atoms with E-state index < -0.39 is 5.97 Å².